The summed E-state index contributed by atoms with van der Waals surface area (Å²) in [7, 11) is 0. The van der Waals surface area contributed by atoms with E-state index in [0.29, 0.717) is 31.5 Å². The number of hydrogen-bond acceptors (Lipinski definition) is 4. The lowest BCUT2D eigenvalue weighted by molar-refractivity contribution is -0.149. The van der Waals surface area contributed by atoms with Crippen molar-refractivity contribution < 1.29 is 14.3 Å². The fourth-order valence-electron chi connectivity index (χ4n) is 2.52. The minimum absolute atomic E-state index is 0.0560. The smallest absolute Gasteiger partial charge is 0.325 e. The Labute approximate surface area is 122 Å². The van der Waals surface area contributed by atoms with Crippen LogP contribution in [0.25, 0.3) is 0 Å². The van der Waals surface area contributed by atoms with Crippen molar-refractivity contribution in [2.45, 2.75) is 52.5 Å². The summed E-state index contributed by atoms with van der Waals surface area (Å²) in [5.41, 5.74) is 0. The highest BCUT2D eigenvalue weighted by molar-refractivity contribution is 5.82. The highest BCUT2D eigenvalue weighted by Crippen LogP contribution is 2.12. The summed E-state index contributed by atoms with van der Waals surface area (Å²) in [5, 5.41) is 3.39. The lowest BCUT2D eigenvalue weighted by atomic mass is 10.1. The predicted octanol–water partition coefficient (Wildman–Crippen LogP) is 1.57. The van der Waals surface area contributed by atoms with Crippen molar-refractivity contribution in [3.05, 3.63) is 0 Å². The molecule has 0 bridgehead atoms. The molecule has 0 spiro atoms. The number of rotatable bonds is 8. The number of carbonyl (C=O) groups is 2. The van der Waals surface area contributed by atoms with Crippen LogP contribution in [0.15, 0.2) is 0 Å². The third kappa shape index (κ3) is 6.37. The van der Waals surface area contributed by atoms with Gasteiger partial charge in [-0.1, -0.05) is 13.8 Å². The zero-order valence-corrected chi connectivity index (χ0v) is 13.0. The Kier molecular flexibility index (Phi) is 7.59. The van der Waals surface area contributed by atoms with Crippen molar-refractivity contribution in [2.24, 2.45) is 5.92 Å². The number of carbonyl (C=O) groups excluding carboxylic acids is 2. The Morgan fingerprint density at radius 3 is 2.70 bits per heavy atom. The lowest BCUT2D eigenvalue weighted by Crippen LogP contribution is -2.39. The van der Waals surface area contributed by atoms with Crippen LogP contribution in [-0.4, -0.2) is 49.1 Å². The van der Waals surface area contributed by atoms with Crippen LogP contribution in [0.4, 0.5) is 0 Å². The van der Waals surface area contributed by atoms with Gasteiger partial charge in [0.2, 0.25) is 5.91 Å². The zero-order valence-electron chi connectivity index (χ0n) is 13.0. The van der Waals surface area contributed by atoms with Crippen molar-refractivity contribution in [2.75, 3.05) is 26.2 Å². The van der Waals surface area contributed by atoms with Crippen LogP contribution in [0.2, 0.25) is 0 Å². The molecule has 116 valence electrons. The van der Waals surface area contributed by atoms with E-state index in [4.69, 9.17) is 4.74 Å². The Hall–Kier alpha value is -1.10. The Balaban J connectivity index is 2.43. The van der Waals surface area contributed by atoms with Gasteiger partial charge in [-0.25, -0.2) is 0 Å². The van der Waals surface area contributed by atoms with Crippen molar-refractivity contribution in [3.8, 4) is 0 Å². The topological polar surface area (TPSA) is 58.6 Å². The van der Waals surface area contributed by atoms with Gasteiger partial charge in [0.15, 0.2) is 0 Å². The van der Waals surface area contributed by atoms with E-state index in [1.165, 1.54) is 6.42 Å². The molecule has 1 amide bonds. The van der Waals surface area contributed by atoms with E-state index in [0.717, 1.165) is 19.4 Å². The van der Waals surface area contributed by atoms with Crippen LogP contribution in [0, 0.1) is 5.92 Å². The number of nitrogens with one attached hydrogen (secondary N) is 1. The van der Waals surface area contributed by atoms with Gasteiger partial charge < -0.3 is 15.0 Å². The van der Waals surface area contributed by atoms with Crippen LogP contribution < -0.4 is 5.32 Å². The average Bonchev–Trinajstić information content (AvgIpc) is 2.88. The molecule has 1 aliphatic rings. The second-order valence-electron chi connectivity index (χ2n) is 5.81. The normalized spacial score (nSPS) is 18.3. The first-order chi connectivity index (χ1) is 9.52. The molecular weight excluding hydrogens is 256 g/mol. The van der Waals surface area contributed by atoms with Crippen molar-refractivity contribution in [1.82, 2.24) is 10.2 Å². The van der Waals surface area contributed by atoms with Gasteiger partial charge in [0.25, 0.3) is 0 Å². The molecule has 1 unspecified atom stereocenters. The van der Waals surface area contributed by atoms with Crippen LogP contribution >= 0.6 is 0 Å². The molecule has 0 radical (unpaired) electrons. The van der Waals surface area contributed by atoms with Crippen molar-refractivity contribution >= 4 is 11.9 Å². The van der Waals surface area contributed by atoms with Crippen molar-refractivity contribution in [1.29, 1.82) is 0 Å². The molecule has 1 fully saturated rings. The Bertz CT molecular complexity index is 312. The summed E-state index contributed by atoms with van der Waals surface area (Å²) in [5.74, 6) is 0.0823. The molecular formula is C15H28N2O3. The summed E-state index contributed by atoms with van der Waals surface area (Å²) in [4.78, 5) is 25.5. The SMILES string of the molecule is CCOC(=O)CN(CC(C)C)C(=O)CCC1CCCN1. The molecule has 1 heterocycles. The lowest BCUT2D eigenvalue weighted by Gasteiger charge is -2.24. The number of esters is 1. The van der Waals surface area contributed by atoms with Gasteiger partial charge in [-0.15, -0.1) is 0 Å². The average molecular weight is 284 g/mol. The molecule has 1 atom stereocenters. The minimum atomic E-state index is -0.319. The molecule has 0 aliphatic carbocycles. The number of ether oxygens (including phenoxy) is 1. The largest absolute Gasteiger partial charge is 0.465 e. The second-order valence-corrected chi connectivity index (χ2v) is 5.81. The Morgan fingerprint density at radius 1 is 1.40 bits per heavy atom. The van der Waals surface area contributed by atoms with Crippen LogP contribution in [0.5, 0.6) is 0 Å². The first kappa shape index (κ1) is 17.0. The van der Waals surface area contributed by atoms with E-state index in [9.17, 15) is 9.59 Å². The fourth-order valence-corrected chi connectivity index (χ4v) is 2.52. The zero-order chi connectivity index (χ0) is 15.0. The minimum Gasteiger partial charge on any atom is -0.465 e. The standard InChI is InChI=1S/C15H28N2O3/c1-4-20-15(19)11-17(10-12(2)3)14(18)8-7-13-6-5-9-16-13/h12-13,16H,4-11H2,1-3H3. The predicted molar refractivity (Wildman–Crippen MR) is 78.3 cm³/mol. The maximum atomic E-state index is 12.3. The van der Waals surface area contributed by atoms with E-state index >= 15 is 0 Å². The molecule has 1 rings (SSSR count). The first-order valence-electron chi connectivity index (χ1n) is 7.69. The molecule has 5 heteroatoms. The first-order valence-corrected chi connectivity index (χ1v) is 7.69. The maximum Gasteiger partial charge on any atom is 0.325 e. The van der Waals surface area contributed by atoms with Crippen molar-refractivity contribution in [3.63, 3.8) is 0 Å². The van der Waals surface area contributed by atoms with E-state index in [1.807, 2.05) is 13.8 Å². The van der Waals surface area contributed by atoms with E-state index in [1.54, 1.807) is 11.8 Å². The molecule has 20 heavy (non-hydrogen) atoms. The van der Waals surface area contributed by atoms with Gasteiger partial charge in [-0.3, -0.25) is 9.59 Å². The van der Waals surface area contributed by atoms with Gasteiger partial charge in [0, 0.05) is 19.0 Å². The summed E-state index contributed by atoms with van der Waals surface area (Å²) >= 11 is 0. The van der Waals surface area contributed by atoms with Crippen LogP contribution in [0.1, 0.15) is 46.5 Å². The highest BCUT2D eigenvalue weighted by atomic mass is 16.5. The molecule has 1 saturated heterocycles. The molecule has 0 saturated carbocycles. The van der Waals surface area contributed by atoms with Gasteiger partial charge in [-0.2, -0.15) is 0 Å². The van der Waals surface area contributed by atoms with Gasteiger partial charge in [0.1, 0.15) is 6.54 Å². The van der Waals surface area contributed by atoms with Gasteiger partial charge in [0.05, 0.1) is 6.61 Å². The molecule has 0 aromatic carbocycles. The molecule has 0 aromatic heterocycles. The summed E-state index contributed by atoms with van der Waals surface area (Å²) < 4.78 is 4.94. The van der Waals surface area contributed by atoms with Crippen LogP contribution in [-0.2, 0) is 14.3 Å². The molecule has 5 nitrogen and oxygen atoms in total. The third-order valence-electron chi connectivity index (χ3n) is 3.43. The quantitative estimate of drug-likeness (QED) is 0.687. The fraction of sp³-hybridized carbons (Fsp3) is 0.867. The summed E-state index contributed by atoms with van der Waals surface area (Å²) in [6.45, 7) is 7.96. The second kappa shape index (κ2) is 8.95. The van der Waals surface area contributed by atoms with E-state index in [-0.39, 0.29) is 18.4 Å². The van der Waals surface area contributed by atoms with Crippen LogP contribution in [0.3, 0.4) is 0 Å². The van der Waals surface area contributed by atoms with E-state index in [2.05, 4.69) is 5.32 Å². The highest BCUT2D eigenvalue weighted by Gasteiger charge is 2.21. The van der Waals surface area contributed by atoms with E-state index < -0.39 is 0 Å². The number of amides is 1. The number of hydrogen-bond donors (Lipinski definition) is 1. The van der Waals surface area contributed by atoms with Gasteiger partial charge >= 0.3 is 5.97 Å². The van der Waals surface area contributed by atoms with Gasteiger partial charge in [-0.05, 0) is 38.6 Å². The number of nitrogens with zero attached hydrogens (tertiary/aromatic N) is 1. The molecule has 0 aromatic rings. The third-order valence-corrected chi connectivity index (χ3v) is 3.43. The molecule has 1 N–H and O–H groups in total. The Morgan fingerprint density at radius 2 is 2.15 bits per heavy atom. The summed E-state index contributed by atoms with van der Waals surface area (Å²) in [6.07, 6.45) is 3.70. The molecule has 1 aliphatic heterocycles. The maximum absolute atomic E-state index is 12.3. The summed E-state index contributed by atoms with van der Waals surface area (Å²) in [6, 6.07) is 0.461. The monoisotopic (exact) mass is 284 g/mol.